The fraction of sp³-hybridized carbons (Fsp3) is 0. The Labute approximate surface area is 112 Å². The van der Waals surface area contributed by atoms with E-state index in [4.69, 9.17) is 5.73 Å². The molecule has 3 rings (SSSR count). The van der Waals surface area contributed by atoms with Gasteiger partial charge in [-0.3, -0.25) is 0 Å². The molecule has 2 aliphatic rings. The maximum absolute atomic E-state index is 5.94. The number of nitrogens with two attached hydrogens (primary N) is 1. The molecule has 1 heterocycles. The molecule has 2 nitrogen and oxygen atoms in total. The van der Waals surface area contributed by atoms with Crippen molar-refractivity contribution in [3.05, 3.63) is 71.8 Å². The summed E-state index contributed by atoms with van der Waals surface area (Å²) in [6.45, 7) is 0. The summed E-state index contributed by atoms with van der Waals surface area (Å²) in [6, 6.07) is 19.7. The predicted octanol–water partition coefficient (Wildman–Crippen LogP) is 3.17. The van der Waals surface area contributed by atoms with Crippen molar-refractivity contribution in [2.24, 2.45) is 0 Å². The lowest BCUT2D eigenvalue weighted by Crippen LogP contribution is -1.86. The van der Waals surface area contributed by atoms with Crippen LogP contribution in [0.5, 0.6) is 0 Å². The SMILES string of the molecule is Nc1nc2cccccc-2c1C#Cc1ccccc1. The fourth-order valence-corrected chi connectivity index (χ4v) is 1.96. The lowest BCUT2D eigenvalue weighted by molar-refractivity contribution is 1.42. The highest BCUT2D eigenvalue weighted by Gasteiger charge is 2.12. The number of hydrogen-bond donors (Lipinski definition) is 1. The average molecular weight is 244 g/mol. The maximum atomic E-state index is 5.94. The Balaban J connectivity index is 2.09. The van der Waals surface area contributed by atoms with Crippen LogP contribution in [-0.2, 0) is 0 Å². The van der Waals surface area contributed by atoms with Gasteiger partial charge in [-0.1, -0.05) is 54.3 Å². The Kier molecular flexibility index (Phi) is 2.88. The van der Waals surface area contributed by atoms with Crippen LogP contribution in [0.1, 0.15) is 11.1 Å². The van der Waals surface area contributed by atoms with E-state index < -0.39 is 0 Å². The van der Waals surface area contributed by atoms with E-state index in [0.29, 0.717) is 5.82 Å². The van der Waals surface area contributed by atoms with Gasteiger partial charge in [-0.15, -0.1) is 0 Å². The zero-order chi connectivity index (χ0) is 13.1. The zero-order valence-corrected chi connectivity index (χ0v) is 10.3. The molecule has 0 atom stereocenters. The molecule has 1 aromatic carbocycles. The quantitative estimate of drug-likeness (QED) is 0.617. The first-order chi connectivity index (χ1) is 9.34. The molecule has 19 heavy (non-hydrogen) atoms. The molecule has 0 bridgehead atoms. The lowest BCUT2D eigenvalue weighted by Gasteiger charge is -1.91. The van der Waals surface area contributed by atoms with E-state index in [-0.39, 0.29) is 0 Å². The van der Waals surface area contributed by atoms with Gasteiger partial charge in [0.25, 0.3) is 0 Å². The van der Waals surface area contributed by atoms with Crippen LogP contribution in [0.25, 0.3) is 11.3 Å². The molecule has 1 aliphatic carbocycles. The van der Waals surface area contributed by atoms with E-state index in [9.17, 15) is 0 Å². The maximum Gasteiger partial charge on any atom is 0.140 e. The first-order valence-electron chi connectivity index (χ1n) is 6.06. The molecule has 90 valence electrons. The molecular weight excluding hydrogens is 232 g/mol. The minimum atomic E-state index is 0.490. The summed E-state index contributed by atoms with van der Waals surface area (Å²) in [5, 5.41) is 0. The summed E-state index contributed by atoms with van der Waals surface area (Å²) in [4.78, 5) is 4.34. The van der Waals surface area contributed by atoms with E-state index in [1.54, 1.807) is 0 Å². The molecule has 0 fully saturated rings. The summed E-state index contributed by atoms with van der Waals surface area (Å²) in [6.07, 6.45) is 0. The molecule has 0 radical (unpaired) electrons. The summed E-state index contributed by atoms with van der Waals surface area (Å²) in [7, 11) is 0. The van der Waals surface area contributed by atoms with E-state index in [1.807, 2.05) is 60.7 Å². The van der Waals surface area contributed by atoms with Crippen LogP contribution in [0.2, 0.25) is 0 Å². The third-order valence-corrected chi connectivity index (χ3v) is 2.89. The molecule has 2 heteroatoms. The number of rotatable bonds is 0. The number of benzene rings is 1. The molecule has 1 aromatic rings. The van der Waals surface area contributed by atoms with Crippen LogP contribution < -0.4 is 5.73 Å². The van der Waals surface area contributed by atoms with Crippen molar-refractivity contribution >= 4 is 5.82 Å². The Morgan fingerprint density at radius 3 is 2.26 bits per heavy atom. The smallest absolute Gasteiger partial charge is 0.140 e. The van der Waals surface area contributed by atoms with Crippen LogP contribution in [0.3, 0.4) is 0 Å². The summed E-state index contributed by atoms with van der Waals surface area (Å²) in [5.41, 5.74) is 9.58. The van der Waals surface area contributed by atoms with Gasteiger partial charge < -0.3 is 5.73 Å². The van der Waals surface area contributed by atoms with E-state index in [2.05, 4.69) is 16.8 Å². The predicted molar refractivity (Wildman–Crippen MR) is 77.7 cm³/mol. The number of nitrogen functional groups attached to an aromatic ring is 1. The topological polar surface area (TPSA) is 38.9 Å². The molecule has 0 saturated heterocycles. The van der Waals surface area contributed by atoms with Gasteiger partial charge in [-0.05, 0) is 18.2 Å². The Morgan fingerprint density at radius 1 is 0.789 bits per heavy atom. The van der Waals surface area contributed by atoms with Crippen LogP contribution in [-0.4, -0.2) is 4.98 Å². The van der Waals surface area contributed by atoms with Crippen molar-refractivity contribution < 1.29 is 0 Å². The molecule has 0 aromatic heterocycles. The van der Waals surface area contributed by atoms with Crippen molar-refractivity contribution in [2.45, 2.75) is 0 Å². The molecule has 0 spiro atoms. The number of aromatic nitrogens is 1. The summed E-state index contributed by atoms with van der Waals surface area (Å²) in [5.74, 6) is 6.74. The average Bonchev–Trinajstić information content (AvgIpc) is 2.61. The third kappa shape index (κ3) is 2.27. The molecule has 2 N–H and O–H groups in total. The van der Waals surface area contributed by atoms with Crippen LogP contribution in [0, 0.1) is 11.8 Å². The largest absolute Gasteiger partial charge is 0.383 e. The Bertz CT molecular complexity index is 736. The van der Waals surface area contributed by atoms with Crippen molar-refractivity contribution in [2.75, 3.05) is 5.73 Å². The molecule has 0 amide bonds. The van der Waals surface area contributed by atoms with Gasteiger partial charge >= 0.3 is 0 Å². The Hall–Kier alpha value is -2.79. The van der Waals surface area contributed by atoms with Gasteiger partial charge in [0.05, 0.1) is 11.3 Å². The van der Waals surface area contributed by atoms with Crippen LogP contribution in [0.4, 0.5) is 5.82 Å². The number of fused-ring (bicyclic) bond motifs is 1. The number of nitrogens with zero attached hydrogens (tertiary/aromatic N) is 1. The van der Waals surface area contributed by atoms with Crippen molar-refractivity contribution in [3.8, 4) is 23.1 Å². The van der Waals surface area contributed by atoms with Crippen LogP contribution >= 0.6 is 0 Å². The van der Waals surface area contributed by atoms with Crippen LogP contribution in [0.15, 0.2) is 60.7 Å². The van der Waals surface area contributed by atoms with Gasteiger partial charge in [-0.2, -0.15) is 0 Å². The molecule has 1 aliphatic heterocycles. The molecule has 0 saturated carbocycles. The van der Waals surface area contributed by atoms with E-state index >= 15 is 0 Å². The number of anilines is 1. The van der Waals surface area contributed by atoms with Gasteiger partial charge in [0.15, 0.2) is 0 Å². The lowest BCUT2D eigenvalue weighted by atomic mass is 10.1. The minimum absolute atomic E-state index is 0.490. The molecular formula is C17H12N2. The Morgan fingerprint density at radius 2 is 1.47 bits per heavy atom. The fourth-order valence-electron chi connectivity index (χ4n) is 1.96. The minimum Gasteiger partial charge on any atom is -0.383 e. The highest BCUT2D eigenvalue weighted by molar-refractivity contribution is 5.78. The molecule has 0 unspecified atom stereocenters. The second kappa shape index (κ2) is 4.83. The van der Waals surface area contributed by atoms with Crippen molar-refractivity contribution in [3.63, 3.8) is 0 Å². The van der Waals surface area contributed by atoms with Gasteiger partial charge in [-0.25, -0.2) is 4.98 Å². The first kappa shape index (κ1) is 11.3. The normalized spacial score (nSPS) is 9.89. The zero-order valence-electron chi connectivity index (χ0n) is 10.3. The number of hydrogen-bond acceptors (Lipinski definition) is 2. The van der Waals surface area contributed by atoms with E-state index in [0.717, 1.165) is 22.4 Å². The van der Waals surface area contributed by atoms with Gasteiger partial charge in [0, 0.05) is 11.1 Å². The monoisotopic (exact) mass is 244 g/mol. The van der Waals surface area contributed by atoms with Crippen molar-refractivity contribution in [1.82, 2.24) is 4.98 Å². The summed E-state index contributed by atoms with van der Waals surface area (Å²) < 4.78 is 0. The third-order valence-electron chi connectivity index (χ3n) is 2.89. The van der Waals surface area contributed by atoms with Crippen molar-refractivity contribution in [1.29, 1.82) is 0 Å². The summed E-state index contributed by atoms with van der Waals surface area (Å²) >= 11 is 0. The van der Waals surface area contributed by atoms with Gasteiger partial charge in [0.1, 0.15) is 5.82 Å². The highest BCUT2D eigenvalue weighted by atomic mass is 14.9. The van der Waals surface area contributed by atoms with Gasteiger partial charge in [0.2, 0.25) is 0 Å². The second-order valence-corrected chi connectivity index (χ2v) is 4.20. The second-order valence-electron chi connectivity index (χ2n) is 4.20. The van der Waals surface area contributed by atoms with E-state index in [1.165, 1.54) is 0 Å². The highest BCUT2D eigenvalue weighted by Crippen LogP contribution is 2.28. The standard InChI is InChI=1S/C17H12N2/c18-17-15(12-11-13-7-3-1-4-8-13)14-9-5-2-6-10-16(14)19-17/h1-10H,(H2,18,19). The first-order valence-corrected chi connectivity index (χ1v) is 6.06.